The highest BCUT2D eigenvalue weighted by Crippen LogP contribution is 2.24. The van der Waals surface area contributed by atoms with Crippen LogP contribution < -0.4 is 4.74 Å². The molecule has 1 aliphatic rings. The largest absolute Gasteiger partial charge is 0.497 e. The van der Waals surface area contributed by atoms with Gasteiger partial charge in [0.15, 0.2) is 0 Å². The molecule has 19 heteroatoms. The molecule has 0 radical (unpaired) electrons. The molecular weight excluding hydrogens is 578 g/mol. The summed E-state index contributed by atoms with van der Waals surface area (Å²) in [4.78, 5) is 41.5. The van der Waals surface area contributed by atoms with Gasteiger partial charge in [-0.05, 0) is 43.5 Å². The van der Waals surface area contributed by atoms with Gasteiger partial charge < -0.3 is 14.4 Å². The number of piperidine rings is 1. The van der Waals surface area contributed by atoms with E-state index >= 15 is 0 Å². The molecule has 1 aromatic rings. The number of likely N-dealkylation sites (tertiary alicyclic amines) is 1. The smallest absolute Gasteiger partial charge is 0.491 e. The normalized spacial score (nSPS) is 14.1. The monoisotopic (exact) mass is 595 g/mol. The van der Waals surface area contributed by atoms with E-state index in [2.05, 4.69) is 4.74 Å². The van der Waals surface area contributed by atoms with Crippen LogP contribution in [0, 0.1) is 0 Å². The molecule has 0 atom stereocenters. The number of amides is 1. The maximum atomic E-state index is 11.9. The van der Waals surface area contributed by atoms with Crippen molar-refractivity contribution in [3.8, 4) is 5.75 Å². The SMILES string of the molecule is COc1ccc(C(=O)C(F)(F)F)cc1.O=C(N1CCCCC1)C(F)(F)F.O=C(OC(=O)C(F)(F)F)C(F)(F)F. The van der Waals surface area contributed by atoms with Crippen molar-refractivity contribution in [3.05, 3.63) is 29.8 Å². The third kappa shape index (κ3) is 13.2. The Morgan fingerprint density at radius 2 is 1.05 bits per heavy atom. The van der Waals surface area contributed by atoms with E-state index in [4.69, 9.17) is 4.74 Å². The number of carbonyl (C=O) groups is 4. The number of carbonyl (C=O) groups excluding carboxylic acids is 4. The van der Waals surface area contributed by atoms with Gasteiger partial charge in [-0.3, -0.25) is 9.59 Å². The Morgan fingerprint density at radius 1 is 0.641 bits per heavy atom. The predicted molar refractivity (Wildman–Crippen MR) is 103 cm³/mol. The summed E-state index contributed by atoms with van der Waals surface area (Å²) in [5.74, 6) is -9.53. The van der Waals surface area contributed by atoms with Crippen LogP contribution in [0.2, 0.25) is 0 Å². The minimum absolute atomic E-state index is 0.248. The second kappa shape index (κ2) is 14.0. The molecule has 0 saturated carbocycles. The number of benzene rings is 1. The molecule has 2 rings (SSSR count). The van der Waals surface area contributed by atoms with E-state index in [0.717, 1.165) is 23.5 Å². The highest BCUT2D eigenvalue weighted by Gasteiger charge is 2.49. The molecule has 1 aromatic carbocycles. The molecule has 1 aliphatic heterocycles. The number of nitrogens with zero attached hydrogens (tertiary/aromatic N) is 1. The Bertz CT molecular complexity index is 951. The van der Waals surface area contributed by atoms with Gasteiger partial charge in [0.2, 0.25) is 0 Å². The van der Waals surface area contributed by atoms with E-state index < -0.39 is 53.9 Å². The van der Waals surface area contributed by atoms with Crippen LogP contribution in [0.15, 0.2) is 24.3 Å². The minimum Gasteiger partial charge on any atom is -0.497 e. The van der Waals surface area contributed by atoms with Crippen molar-refractivity contribution in [3.63, 3.8) is 0 Å². The fraction of sp³-hybridized carbons (Fsp3) is 0.500. The van der Waals surface area contributed by atoms with Crippen molar-refractivity contribution in [2.24, 2.45) is 0 Å². The standard InChI is InChI=1S/C9H7F3O2.C7H10F3NO.C4F6O3/c1-14-7-4-2-6(3-5-7)8(13)9(10,11)12;8-7(9,10)6(12)11-4-2-1-3-5-11;5-3(6,7)1(11)13-2(12)4(8,9)10/h2-5H,1H3;1-5H2;. The third-order valence-electron chi connectivity index (χ3n) is 4.14. The van der Waals surface area contributed by atoms with Crippen LogP contribution in [0.3, 0.4) is 0 Å². The highest BCUT2D eigenvalue weighted by atomic mass is 19.4. The van der Waals surface area contributed by atoms with Gasteiger partial charge in [0.25, 0.3) is 5.78 Å². The fourth-order valence-corrected chi connectivity index (χ4v) is 2.38. The first-order chi connectivity index (χ1) is 17.5. The second-order valence-electron chi connectivity index (χ2n) is 7.08. The maximum Gasteiger partial charge on any atom is 0.491 e. The quantitative estimate of drug-likeness (QED) is 0.203. The second-order valence-corrected chi connectivity index (χ2v) is 7.08. The van der Waals surface area contributed by atoms with Crippen molar-refractivity contribution in [2.75, 3.05) is 20.2 Å². The average Bonchev–Trinajstić information content (AvgIpc) is 2.82. The summed E-state index contributed by atoms with van der Waals surface area (Å²) >= 11 is 0. The summed E-state index contributed by atoms with van der Waals surface area (Å²) in [6, 6.07) is 4.77. The molecule has 0 aliphatic carbocycles. The number of alkyl halides is 12. The molecule has 1 fully saturated rings. The molecule has 1 heterocycles. The van der Waals surface area contributed by atoms with Crippen molar-refractivity contribution < 1.29 is 81.3 Å². The van der Waals surface area contributed by atoms with Crippen LogP contribution in [-0.2, 0) is 19.1 Å². The van der Waals surface area contributed by atoms with Crippen molar-refractivity contribution >= 4 is 23.6 Å². The number of Topliss-reactive ketones (excluding diaryl/α,β-unsaturated/α-hetero) is 1. The molecule has 1 amide bonds. The Morgan fingerprint density at radius 3 is 1.36 bits per heavy atom. The number of halogens is 12. The van der Waals surface area contributed by atoms with Crippen molar-refractivity contribution in [1.82, 2.24) is 4.90 Å². The first kappa shape index (κ1) is 35.5. The summed E-state index contributed by atoms with van der Waals surface area (Å²) in [7, 11) is 1.39. The zero-order valence-electron chi connectivity index (χ0n) is 19.3. The van der Waals surface area contributed by atoms with Crippen LogP contribution >= 0.6 is 0 Å². The van der Waals surface area contributed by atoms with Gasteiger partial charge in [0.1, 0.15) is 5.75 Å². The molecular formula is C20H17F12NO6. The van der Waals surface area contributed by atoms with Crippen LogP contribution in [0.5, 0.6) is 5.75 Å². The van der Waals surface area contributed by atoms with Gasteiger partial charge in [-0.15, -0.1) is 0 Å². The zero-order chi connectivity index (χ0) is 30.8. The van der Waals surface area contributed by atoms with Crippen LogP contribution in [0.1, 0.15) is 29.6 Å². The number of rotatable bonds is 2. The van der Waals surface area contributed by atoms with Crippen LogP contribution in [-0.4, -0.2) is 73.4 Å². The van der Waals surface area contributed by atoms with E-state index in [-0.39, 0.29) is 13.1 Å². The molecule has 1 saturated heterocycles. The summed E-state index contributed by atoms with van der Waals surface area (Å²) in [6.45, 7) is 0.497. The van der Waals surface area contributed by atoms with Gasteiger partial charge in [-0.25, -0.2) is 9.59 Å². The summed E-state index contributed by atoms with van der Waals surface area (Å²) in [6.07, 6.45) is -18.5. The van der Waals surface area contributed by atoms with Gasteiger partial charge in [0, 0.05) is 18.7 Å². The van der Waals surface area contributed by atoms with Crippen molar-refractivity contribution in [1.29, 1.82) is 0 Å². The third-order valence-corrected chi connectivity index (χ3v) is 4.14. The number of ketones is 1. The minimum atomic E-state index is -5.62. The van der Waals surface area contributed by atoms with Gasteiger partial charge >= 0.3 is 42.6 Å². The summed E-state index contributed by atoms with van der Waals surface area (Å²) < 4.78 is 146. The number of hydrogen-bond acceptors (Lipinski definition) is 6. The van der Waals surface area contributed by atoms with Gasteiger partial charge in [-0.2, -0.15) is 52.7 Å². The lowest BCUT2D eigenvalue weighted by Crippen LogP contribution is -2.43. The lowest BCUT2D eigenvalue weighted by molar-refractivity contribution is -0.221. The lowest BCUT2D eigenvalue weighted by Gasteiger charge is -2.27. The first-order valence-electron chi connectivity index (χ1n) is 10.0. The topological polar surface area (TPSA) is 90.0 Å². The molecule has 0 unspecified atom stereocenters. The maximum absolute atomic E-state index is 11.9. The molecule has 0 aromatic heterocycles. The van der Waals surface area contributed by atoms with E-state index in [0.29, 0.717) is 18.6 Å². The first-order valence-corrected chi connectivity index (χ1v) is 10.0. The summed E-state index contributed by atoms with van der Waals surface area (Å²) in [5.41, 5.74) is -0.390. The number of hydrogen-bond donors (Lipinski definition) is 0. The number of methoxy groups -OCH3 is 1. The van der Waals surface area contributed by atoms with Crippen LogP contribution in [0.25, 0.3) is 0 Å². The Kier molecular flexibility index (Phi) is 12.7. The van der Waals surface area contributed by atoms with Gasteiger partial charge in [0.05, 0.1) is 7.11 Å². The van der Waals surface area contributed by atoms with E-state index in [1.807, 2.05) is 0 Å². The number of esters is 2. The molecule has 7 nitrogen and oxygen atoms in total. The van der Waals surface area contributed by atoms with Crippen LogP contribution in [0.4, 0.5) is 52.7 Å². The molecule has 0 bridgehead atoms. The summed E-state index contributed by atoms with van der Waals surface area (Å²) in [5, 5.41) is 0. The lowest BCUT2D eigenvalue weighted by atomic mass is 10.1. The van der Waals surface area contributed by atoms with E-state index in [1.165, 1.54) is 19.2 Å². The Labute approximate surface area is 210 Å². The predicted octanol–water partition coefficient (Wildman–Crippen LogP) is 5.18. The Balaban J connectivity index is 0.000000557. The highest BCUT2D eigenvalue weighted by molar-refractivity contribution is 6.00. The molecule has 39 heavy (non-hydrogen) atoms. The fourth-order valence-electron chi connectivity index (χ4n) is 2.38. The zero-order valence-corrected chi connectivity index (χ0v) is 19.3. The number of ether oxygens (including phenoxy) is 2. The van der Waals surface area contributed by atoms with E-state index in [1.54, 1.807) is 0 Å². The Hall–Kier alpha value is -3.54. The molecule has 0 spiro atoms. The van der Waals surface area contributed by atoms with Gasteiger partial charge in [-0.1, -0.05) is 0 Å². The van der Waals surface area contributed by atoms with Crippen molar-refractivity contribution in [2.45, 2.75) is 44.0 Å². The molecule has 0 N–H and O–H groups in total. The average molecular weight is 595 g/mol. The molecule has 222 valence electrons. The van der Waals surface area contributed by atoms with E-state index in [9.17, 15) is 71.9 Å².